The Kier molecular flexibility index (Phi) is 5.83. The van der Waals surface area contributed by atoms with Crippen LogP contribution < -0.4 is 10.6 Å². The van der Waals surface area contributed by atoms with Crippen LogP contribution in [-0.4, -0.2) is 38.3 Å². The summed E-state index contributed by atoms with van der Waals surface area (Å²) in [6.07, 6.45) is 7.73. The van der Waals surface area contributed by atoms with Crippen molar-refractivity contribution in [2.45, 2.75) is 25.3 Å². The van der Waals surface area contributed by atoms with Crippen molar-refractivity contribution < 1.29 is 9.53 Å². The highest BCUT2D eigenvalue weighted by Gasteiger charge is 2.12. The van der Waals surface area contributed by atoms with Gasteiger partial charge in [0.1, 0.15) is 0 Å². The highest BCUT2D eigenvalue weighted by atomic mass is 16.5. The summed E-state index contributed by atoms with van der Waals surface area (Å²) in [4.78, 5) is 11.2. The van der Waals surface area contributed by atoms with Gasteiger partial charge in [-0.15, -0.1) is 6.42 Å². The topological polar surface area (TPSA) is 50.4 Å². The van der Waals surface area contributed by atoms with Crippen molar-refractivity contribution in [3.63, 3.8) is 0 Å². The zero-order chi connectivity index (χ0) is 10.9. The van der Waals surface area contributed by atoms with Crippen LogP contribution in [0.2, 0.25) is 0 Å². The molecule has 2 N–H and O–H groups in total. The average molecular weight is 210 g/mol. The molecule has 1 fully saturated rings. The fourth-order valence-corrected chi connectivity index (χ4v) is 1.53. The van der Waals surface area contributed by atoms with Gasteiger partial charge in [-0.2, -0.15) is 0 Å². The fraction of sp³-hybridized carbons (Fsp3) is 0.727. The first kappa shape index (κ1) is 12.0. The molecule has 4 nitrogen and oxygen atoms in total. The third-order valence-electron chi connectivity index (χ3n) is 2.33. The van der Waals surface area contributed by atoms with Crippen molar-refractivity contribution in [2.75, 3.05) is 26.3 Å². The number of terminal acetylenes is 1. The van der Waals surface area contributed by atoms with Crippen LogP contribution in [0.15, 0.2) is 0 Å². The second-order valence-electron chi connectivity index (χ2n) is 3.60. The summed E-state index contributed by atoms with van der Waals surface area (Å²) in [7, 11) is 0. The lowest BCUT2D eigenvalue weighted by Crippen LogP contribution is -2.38. The molecule has 1 atom stereocenters. The Morgan fingerprint density at radius 3 is 3.13 bits per heavy atom. The number of hydrogen-bond donors (Lipinski definition) is 2. The number of carbonyl (C=O) groups is 1. The summed E-state index contributed by atoms with van der Waals surface area (Å²) in [5, 5.41) is 5.92. The lowest BCUT2D eigenvalue weighted by Gasteiger charge is -2.22. The maximum atomic E-state index is 11.2. The molecule has 0 bridgehead atoms. The van der Waals surface area contributed by atoms with E-state index in [0.717, 1.165) is 26.1 Å². The lowest BCUT2D eigenvalue weighted by molar-refractivity contribution is -0.120. The molecule has 84 valence electrons. The van der Waals surface area contributed by atoms with Gasteiger partial charge in [-0.3, -0.25) is 4.79 Å². The molecule has 0 aliphatic carbocycles. The van der Waals surface area contributed by atoms with Gasteiger partial charge in [-0.25, -0.2) is 0 Å². The summed E-state index contributed by atoms with van der Waals surface area (Å²) in [5.41, 5.74) is 0. The van der Waals surface area contributed by atoms with Crippen molar-refractivity contribution in [1.29, 1.82) is 0 Å². The van der Waals surface area contributed by atoms with Crippen LogP contribution in [-0.2, 0) is 9.53 Å². The normalized spacial score (nSPS) is 20.6. The summed E-state index contributed by atoms with van der Waals surface area (Å²) < 4.78 is 5.31. The first-order valence-electron chi connectivity index (χ1n) is 5.34. The van der Waals surface area contributed by atoms with Crippen molar-refractivity contribution in [3.8, 4) is 12.3 Å². The smallest absolute Gasteiger partial charge is 0.222 e. The highest BCUT2D eigenvalue weighted by Crippen LogP contribution is 2.05. The molecular formula is C11H18N2O2. The average Bonchev–Trinajstić information content (AvgIpc) is 2.28. The van der Waals surface area contributed by atoms with Gasteiger partial charge in [0.25, 0.3) is 0 Å². The van der Waals surface area contributed by atoms with E-state index in [1.807, 2.05) is 0 Å². The van der Waals surface area contributed by atoms with E-state index in [1.165, 1.54) is 0 Å². The number of ether oxygens (including phenoxy) is 1. The van der Waals surface area contributed by atoms with Crippen LogP contribution in [0.3, 0.4) is 0 Å². The number of hydrogen-bond acceptors (Lipinski definition) is 3. The van der Waals surface area contributed by atoms with Gasteiger partial charge in [0.15, 0.2) is 0 Å². The van der Waals surface area contributed by atoms with Gasteiger partial charge in [0.2, 0.25) is 5.91 Å². The molecule has 0 radical (unpaired) electrons. The molecule has 1 aliphatic rings. The van der Waals surface area contributed by atoms with E-state index in [-0.39, 0.29) is 5.91 Å². The standard InChI is InChI=1S/C11H18N2O2/c1-2-6-13-11(14)5-7-12-10-4-3-8-15-9-10/h1,10,12H,3-9H2,(H,13,14). The molecular weight excluding hydrogens is 192 g/mol. The SMILES string of the molecule is C#CCNC(=O)CCNC1CCCOC1. The molecule has 0 aromatic heterocycles. The van der Waals surface area contributed by atoms with Crippen LogP contribution in [0.4, 0.5) is 0 Å². The van der Waals surface area contributed by atoms with Crippen LogP contribution in [0.25, 0.3) is 0 Å². The zero-order valence-corrected chi connectivity index (χ0v) is 8.92. The van der Waals surface area contributed by atoms with Crippen LogP contribution in [0.5, 0.6) is 0 Å². The molecule has 1 saturated heterocycles. The largest absolute Gasteiger partial charge is 0.380 e. The minimum atomic E-state index is -0.00261. The summed E-state index contributed by atoms with van der Waals surface area (Å²) in [6, 6.07) is 0.402. The van der Waals surface area contributed by atoms with Gasteiger partial charge < -0.3 is 15.4 Å². The predicted octanol–water partition coefficient (Wildman–Crippen LogP) is -0.105. The van der Waals surface area contributed by atoms with E-state index in [9.17, 15) is 4.79 Å². The highest BCUT2D eigenvalue weighted by molar-refractivity contribution is 5.76. The van der Waals surface area contributed by atoms with E-state index in [4.69, 9.17) is 11.2 Å². The van der Waals surface area contributed by atoms with Crippen LogP contribution in [0, 0.1) is 12.3 Å². The summed E-state index contributed by atoms with van der Waals surface area (Å²) in [6.45, 7) is 2.61. The second-order valence-corrected chi connectivity index (χ2v) is 3.60. The second kappa shape index (κ2) is 7.27. The Labute approximate surface area is 90.8 Å². The Morgan fingerprint density at radius 2 is 2.47 bits per heavy atom. The van der Waals surface area contributed by atoms with Crippen molar-refractivity contribution in [2.24, 2.45) is 0 Å². The van der Waals surface area contributed by atoms with Gasteiger partial charge in [0, 0.05) is 25.6 Å². The third-order valence-corrected chi connectivity index (χ3v) is 2.33. The summed E-state index contributed by atoms with van der Waals surface area (Å²) >= 11 is 0. The molecule has 0 aromatic carbocycles. The fourth-order valence-electron chi connectivity index (χ4n) is 1.53. The van der Waals surface area contributed by atoms with Crippen molar-refractivity contribution in [1.82, 2.24) is 10.6 Å². The monoisotopic (exact) mass is 210 g/mol. The lowest BCUT2D eigenvalue weighted by atomic mass is 10.1. The minimum Gasteiger partial charge on any atom is -0.380 e. The Balaban J connectivity index is 2.00. The van der Waals surface area contributed by atoms with Crippen molar-refractivity contribution >= 4 is 5.91 Å². The van der Waals surface area contributed by atoms with Crippen molar-refractivity contribution in [3.05, 3.63) is 0 Å². The molecule has 0 saturated carbocycles. The number of rotatable bonds is 5. The van der Waals surface area contributed by atoms with E-state index in [1.54, 1.807) is 0 Å². The molecule has 0 spiro atoms. The Hall–Kier alpha value is -1.05. The van der Waals surface area contributed by atoms with Crippen LogP contribution >= 0.6 is 0 Å². The third kappa shape index (κ3) is 5.40. The maximum absolute atomic E-state index is 11.2. The maximum Gasteiger partial charge on any atom is 0.222 e. The molecule has 1 unspecified atom stereocenters. The molecule has 15 heavy (non-hydrogen) atoms. The van der Waals surface area contributed by atoms with Gasteiger partial charge in [-0.05, 0) is 12.8 Å². The van der Waals surface area contributed by atoms with E-state index >= 15 is 0 Å². The number of nitrogens with one attached hydrogen (secondary N) is 2. The Morgan fingerprint density at radius 1 is 1.60 bits per heavy atom. The zero-order valence-electron chi connectivity index (χ0n) is 8.92. The minimum absolute atomic E-state index is 0.00261. The molecule has 1 heterocycles. The Bertz CT molecular complexity index is 229. The first-order chi connectivity index (χ1) is 7.33. The molecule has 0 aromatic rings. The van der Waals surface area contributed by atoms with Crippen LogP contribution in [0.1, 0.15) is 19.3 Å². The summed E-state index contributed by atoms with van der Waals surface area (Å²) in [5.74, 6) is 2.36. The quantitative estimate of drug-likeness (QED) is 0.623. The predicted molar refractivity (Wildman–Crippen MR) is 58.3 cm³/mol. The molecule has 1 aliphatic heterocycles. The van der Waals surface area contributed by atoms with Gasteiger partial charge in [-0.1, -0.05) is 5.92 Å². The number of amides is 1. The van der Waals surface area contributed by atoms with Gasteiger partial charge in [0.05, 0.1) is 13.2 Å². The molecule has 1 rings (SSSR count). The first-order valence-corrected chi connectivity index (χ1v) is 5.34. The van der Waals surface area contributed by atoms with Gasteiger partial charge >= 0.3 is 0 Å². The van der Waals surface area contributed by atoms with E-state index in [2.05, 4.69) is 16.6 Å². The molecule has 4 heteroatoms. The van der Waals surface area contributed by atoms with E-state index < -0.39 is 0 Å². The number of carbonyl (C=O) groups excluding carboxylic acids is 1. The van der Waals surface area contributed by atoms with E-state index in [0.29, 0.717) is 25.6 Å². The molecule has 1 amide bonds.